The number of hydrogen-bond donors (Lipinski definition) is 1. The molecule has 0 saturated carbocycles. The van der Waals surface area contributed by atoms with Crippen molar-refractivity contribution >= 4 is 11.9 Å². The number of carbonyl (C=O) groups excluding carboxylic acids is 1. The van der Waals surface area contributed by atoms with E-state index in [-0.39, 0.29) is 12.1 Å². The highest BCUT2D eigenvalue weighted by atomic mass is 16.6. The van der Waals surface area contributed by atoms with E-state index in [1.54, 1.807) is 6.20 Å². The molecule has 0 radical (unpaired) electrons. The van der Waals surface area contributed by atoms with E-state index in [9.17, 15) is 4.79 Å². The summed E-state index contributed by atoms with van der Waals surface area (Å²) in [4.78, 5) is 19.0. The summed E-state index contributed by atoms with van der Waals surface area (Å²) in [7, 11) is 0. The Kier molecular flexibility index (Phi) is 6.08. The van der Waals surface area contributed by atoms with Gasteiger partial charge < -0.3 is 15.0 Å². The van der Waals surface area contributed by atoms with Gasteiger partial charge in [0.05, 0.1) is 6.04 Å². The van der Waals surface area contributed by atoms with Gasteiger partial charge in [0, 0.05) is 24.8 Å². The normalized spacial score (nSPS) is 18.6. The van der Waals surface area contributed by atoms with E-state index in [1.165, 1.54) is 0 Å². The highest BCUT2D eigenvalue weighted by Gasteiger charge is 2.32. The van der Waals surface area contributed by atoms with Crippen molar-refractivity contribution in [2.24, 2.45) is 5.92 Å². The van der Waals surface area contributed by atoms with E-state index < -0.39 is 5.60 Å². The van der Waals surface area contributed by atoms with E-state index in [0.717, 1.165) is 43.7 Å². The molecule has 1 aliphatic rings. The van der Waals surface area contributed by atoms with Crippen molar-refractivity contribution in [1.82, 2.24) is 9.88 Å². The number of nitrogens with zero attached hydrogens (tertiary/aromatic N) is 2. The Bertz CT molecular complexity index is 552. The van der Waals surface area contributed by atoms with Gasteiger partial charge in [-0.2, -0.15) is 0 Å². The van der Waals surface area contributed by atoms with Gasteiger partial charge in [0.15, 0.2) is 0 Å². The number of rotatable bonds is 4. The summed E-state index contributed by atoms with van der Waals surface area (Å²) in [6, 6.07) is 4.04. The van der Waals surface area contributed by atoms with Crippen LogP contribution in [0, 0.1) is 5.92 Å². The SMILES string of the molecule is CC(C)CNc1ncccc1[C@@H]1CCCCN1C(=O)OC(C)(C)C. The van der Waals surface area contributed by atoms with Gasteiger partial charge in [-0.1, -0.05) is 19.9 Å². The molecule has 1 aliphatic heterocycles. The third-order valence-corrected chi connectivity index (χ3v) is 4.01. The molecule has 1 aromatic heterocycles. The fourth-order valence-corrected chi connectivity index (χ4v) is 2.93. The molecule has 5 heteroatoms. The van der Waals surface area contributed by atoms with E-state index in [1.807, 2.05) is 31.7 Å². The van der Waals surface area contributed by atoms with Crippen molar-refractivity contribution in [3.05, 3.63) is 23.9 Å². The van der Waals surface area contributed by atoms with Crippen LogP contribution in [-0.4, -0.2) is 34.7 Å². The van der Waals surface area contributed by atoms with Gasteiger partial charge in [0.1, 0.15) is 11.4 Å². The van der Waals surface area contributed by atoms with Gasteiger partial charge in [-0.25, -0.2) is 9.78 Å². The fourth-order valence-electron chi connectivity index (χ4n) is 2.93. The molecule has 0 aromatic carbocycles. The number of likely N-dealkylation sites (tertiary alicyclic amines) is 1. The highest BCUT2D eigenvalue weighted by molar-refractivity contribution is 5.69. The average molecular weight is 333 g/mol. The van der Waals surface area contributed by atoms with E-state index in [4.69, 9.17) is 4.74 Å². The molecule has 24 heavy (non-hydrogen) atoms. The van der Waals surface area contributed by atoms with Crippen molar-refractivity contribution in [3.63, 3.8) is 0 Å². The predicted octanol–water partition coefficient (Wildman–Crippen LogP) is 4.61. The summed E-state index contributed by atoms with van der Waals surface area (Å²) in [6.45, 7) is 11.7. The summed E-state index contributed by atoms with van der Waals surface area (Å²) in [5.74, 6) is 1.42. The number of ether oxygens (including phenoxy) is 1. The van der Waals surface area contributed by atoms with Crippen molar-refractivity contribution in [3.8, 4) is 0 Å². The van der Waals surface area contributed by atoms with E-state index >= 15 is 0 Å². The van der Waals surface area contributed by atoms with Crippen molar-refractivity contribution in [2.45, 2.75) is 65.5 Å². The number of hydrogen-bond acceptors (Lipinski definition) is 4. The standard InChI is InChI=1S/C19H31N3O2/c1-14(2)13-21-17-15(9-8-11-20-17)16-10-6-7-12-22(16)18(23)24-19(3,4)5/h8-9,11,14,16H,6-7,10,12-13H2,1-5H3,(H,20,21)/t16-/m0/s1. The third-order valence-electron chi connectivity index (χ3n) is 4.01. The average Bonchev–Trinajstić information content (AvgIpc) is 2.51. The molecular formula is C19H31N3O2. The summed E-state index contributed by atoms with van der Waals surface area (Å²) in [5, 5.41) is 3.43. The maximum atomic E-state index is 12.6. The lowest BCUT2D eigenvalue weighted by Gasteiger charge is -2.37. The molecule has 134 valence electrons. The molecule has 1 atom stereocenters. The third kappa shape index (κ3) is 5.11. The maximum Gasteiger partial charge on any atom is 0.410 e. The first-order valence-electron chi connectivity index (χ1n) is 8.96. The summed E-state index contributed by atoms with van der Waals surface area (Å²) >= 11 is 0. The van der Waals surface area contributed by atoms with Crippen LogP contribution in [0.25, 0.3) is 0 Å². The highest BCUT2D eigenvalue weighted by Crippen LogP contribution is 2.35. The lowest BCUT2D eigenvalue weighted by molar-refractivity contribution is 0.00957. The zero-order chi connectivity index (χ0) is 17.7. The Balaban J connectivity index is 2.22. The Morgan fingerprint density at radius 2 is 2.17 bits per heavy atom. The Morgan fingerprint density at radius 1 is 1.42 bits per heavy atom. The molecule has 5 nitrogen and oxygen atoms in total. The quantitative estimate of drug-likeness (QED) is 0.874. The predicted molar refractivity (Wildman–Crippen MR) is 97.1 cm³/mol. The fraction of sp³-hybridized carbons (Fsp3) is 0.684. The summed E-state index contributed by atoms with van der Waals surface area (Å²) in [5.41, 5.74) is 0.607. The minimum atomic E-state index is -0.479. The second-order valence-electron chi connectivity index (χ2n) is 7.90. The molecule has 0 bridgehead atoms. The second kappa shape index (κ2) is 7.86. The minimum Gasteiger partial charge on any atom is -0.444 e. The zero-order valence-electron chi connectivity index (χ0n) is 15.6. The van der Waals surface area contributed by atoms with Gasteiger partial charge in [-0.05, 0) is 52.0 Å². The Hall–Kier alpha value is -1.78. The van der Waals surface area contributed by atoms with Gasteiger partial charge in [0.25, 0.3) is 0 Å². The molecule has 1 amide bonds. The molecule has 1 aromatic rings. The second-order valence-corrected chi connectivity index (χ2v) is 7.90. The van der Waals surface area contributed by atoms with E-state index in [2.05, 4.69) is 30.2 Å². The van der Waals surface area contributed by atoms with Crippen LogP contribution in [-0.2, 0) is 4.74 Å². The van der Waals surface area contributed by atoms with Crippen molar-refractivity contribution in [2.75, 3.05) is 18.4 Å². The first-order chi connectivity index (χ1) is 11.3. The molecule has 1 N–H and O–H groups in total. The van der Waals surface area contributed by atoms with Crippen LogP contribution in [0.15, 0.2) is 18.3 Å². The number of amides is 1. The molecule has 2 heterocycles. The number of anilines is 1. The smallest absolute Gasteiger partial charge is 0.410 e. The molecule has 0 unspecified atom stereocenters. The molecule has 1 saturated heterocycles. The molecule has 0 aliphatic carbocycles. The zero-order valence-corrected chi connectivity index (χ0v) is 15.6. The molecule has 1 fully saturated rings. The van der Waals surface area contributed by atoms with Gasteiger partial charge in [0.2, 0.25) is 0 Å². The van der Waals surface area contributed by atoms with Crippen molar-refractivity contribution < 1.29 is 9.53 Å². The summed E-state index contributed by atoms with van der Waals surface area (Å²) < 4.78 is 5.61. The number of pyridine rings is 1. The Labute approximate surface area is 145 Å². The number of aromatic nitrogens is 1. The molecular weight excluding hydrogens is 302 g/mol. The van der Waals surface area contributed by atoms with Gasteiger partial charge in [-0.3, -0.25) is 0 Å². The lowest BCUT2D eigenvalue weighted by Crippen LogP contribution is -2.42. The topological polar surface area (TPSA) is 54.5 Å². The van der Waals surface area contributed by atoms with Crippen LogP contribution < -0.4 is 5.32 Å². The van der Waals surface area contributed by atoms with Crippen LogP contribution >= 0.6 is 0 Å². The largest absolute Gasteiger partial charge is 0.444 e. The first kappa shape index (κ1) is 18.6. The van der Waals surface area contributed by atoms with Crippen molar-refractivity contribution in [1.29, 1.82) is 0 Å². The van der Waals surface area contributed by atoms with Gasteiger partial charge in [-0.15, -0.1) is 0 Å². The van der Waals surface area contributed by atoms with Gasteiger partial charge >= 0.3 is 6.09 Å². The monoisotopic (exact) mass is 333 g/mol. The van der Waals surface area contributed by atoms with E-state index in [0.29, 0.717) is 5.92 Å². The lowest BCUT2D eigenvalue weighted by atomic mass is 9.96. The van der Waals surface area contributed by atoms with Crippen LogP contribution in [0.5, 0.6) is 0 Å². The van der Waals surface area contributed by atoms with Crippen LogP contribution in [0.2, 0.25) is 0 Å². The first-order valence-corrected chi connectivity index (χ1v) is 8.96. The summed E-state index contributed by atoms with van der Waals surface area (Å²) in [6.07, 6.45) is 4.65. The maximum absolute atomic E-state index is 12.6. The van der Waals surface area contributed by atoms with Crippen LogP contribution in [0.4, 0.5) is 10.6 Å². The van der Waals surface area contributed by atoms with Crippen LogP contribution in [0.1, 0.15) is 65.5 Å². The molecule has 0 spiro atoms. The van der Waals surface area contributed by atoms with Crippen LogP contribution in [0.3, 0.4) is 0 Å². The number of carbonyl (C=O) groups is 1. The number of piperidine rings is 1. The Morgan fingerprint density at radius 3 is 2.83 bits per heavy atom. The molecule has 2 rings (SSSR count). The number of nitrogens with one attached hydrogen (secondary N) is 1. The minimum absolute atomic E-state index is 0.0250.